The number of carbonyl (C=O) groups excluding carboxylic acids is 1. The summed E-state index contributed by atoms with van der Waals surface area (Å²) in [6.07, 6.45) is 4.34. The number of methoxy groups -OCH3 is 2. The summed E-state index contributed by atoms with van der Waals surface area (Å²) in [5.41, 5.74) is 3.26. The first-order valence-electron chi connectivity index (χ1n) is 9.65. The van der Waals surface area contributed by atoms with Gasteiger partial charge in [-0.15, -0.1) is 0 Å². The third-order valence-electron chi connectivity index (χ3n) is 5.06. The molecule has 0 aromatic heterocycles. The molecule has 2 aromatic carbocycles. The van der Waals surface area contributed by atoms with Gasteiger partial charge < -0.3 is 9.47 Å². The number of Topliss-reactive ketones (excluding diaryl/α,β-unsaturated/α-hetero) is 1. The van der Waals surface area contributed by atoms with Gasteiger partial charge in [0.05, 0.1) is 14.2 Å². The third-order valence-corrected chi connectivity index (χ3v) is 5.06. The van der Waals surface area contributed by atoms with Crippen molar-refractivity contribution in [3.05, 3.63) is 58.9 Å². The lowest BCUT2D eigenvalue weighted by molar-refractivity contribution is 0.0982. The summed E-state index contributed by atoms with van der Waals surface area (Å²) in [4.78, 5) is 17.1. The Morgan fingerprint density at radius 3 is 2.43 bits per heavy atom. The monoisotopic (exact) mass is 383 g/mol. The van der Waals surface area contributed by atoms with Gasteiger partial charge >= 0.3 is 0 Å². The normalized spacial score (nSPS) is 13.3. The molecule has 2 aromatic rings. The number of nitrogens with zero attached hydrogens (tertiary/aromatic N) is 1. The largest absolute Gasteiger partial charge is 0.497 e. The van der Waals surface area contributed by atoms with E-state index in [4.69, 9.17) is 9.47 Å². The zero-order chi connectivity index (χ0) is 19.9. The predicted molar refractivity (Wildman–Crippen MR) is 108 cm³/mol. The highest BCUT2D eigenvalue weighted by atomic mass is 19.1. The van der Waals surface area contributed by atoms with Gasteiger partial charge in [0.2, 0.25) is 0 Å². The Morgan fingerprint density at radius 1 is 1.04 bits per heavy atom. The molecule has 0 bridgehead atoms. The summed E-state index contributed by atoms with van der Waals surface area (Å²) >= 11 is 0. The maximum absolute atomic E-state index is 14.1. The highest BCUT2D eigenvalue weighted by Gasteiger charge is 2.13. The predicted octanol–water partition coefficient (Wildman–Crippen LogP) is 4.83. The fraction of sp³-hybridized carbons (Fsp3) is 0.391. The van der Waals surface area contributed by atoms with Gasteiger partial charge in [-0.05, 0) is 73.6 Å². The second kappa shape index (κ2) is 9.49. The van der Waals surface area contributed by atoms with Gasteiger partial charge in [0.25, 0.3) is 0 Å². The van der Waals surface area contributed by atoms with Crippen molar-refractivity contribution in [1.82, 2.24) is 0 Å². The smallest absolute Gasteiger partial charge is 0.163 e. The van der Waals surface area contributed by atoms with Crippen LogP contribution in [0.1, 0.15) is 47.2 Å². The summed E-state index contributed by atoms with van der Waals surface area (Å²) in [6, 6.07) is 10.3. The molecule has 4 nitrogen and oxygen atoms in total. The van der Waals surface area contributed by atoms with Crippen molar-refractivity contribution in [3.8, 4) is 11.5 Å². The molecule has 1 aliphatic heterocycles. The van der Waals surface area contributed by atoms with Crippen LogP contribution in [0.3, 0.4) is 0 Å². The molecule has 0 unspecified atom stereocenters. The SMILES string of the molecule is COc1cc(CCC(=O)c2ccc(F)c(CCC3=NCCC3)c2)cc(OC)c1. The highest BCUT2D eigenvalue weighted by Crippen LogP contribution is 2.24. The fourth-order valence-corrected chi connectivity index (χ4v) is 3.44. The Labute approximate surface area is 165 Å². The summed E-state index contributed by atoms with van der Waals surface area (Å²) in [5, 5.41) is 0. The first-order valence-corrected chi connectivity index (χ1v) is 9.65. The number of carbonyl (C=O) groups is 1. The van der Waals surface area contributed by atoms with Crippen molar-refractivity contribution in [1.29, 1.82) is 0 Å². The van der Waals surface area contributed by atoms with Gasteiger partial charge in [0.15, 0.2) is 5.78 Å². The molecular formula is C23H26FNO3. The van der Waals surface area contributed by atoms with Crippen LogP contribution in [0, 0.1) is 5.82 Å². The van der Waals surface area contributed by atoms with Crippen molar-refractivity contribution >= 4 is 11.5 Å². The molecule has 0 fully saturated rings. The summed E-state index contributed by atoms with van der Waals surface area (Å²) in [5.74, 6) is 1.13. The molecule has 1 heterocycles. The van der Waals surface area contributed by atoms with Crippen LogP contribution in [0.15, 0.2) is 41.4 Å². The summed E-state index contributed by atoms with van der Waals surface area (Å²) in [6.45, 7) is 0.880. The molecular weight excluding hydrogens is 357 g/mol. The van der Waals surface area contributed by atoms with Crippen molar-refractivity contribution < 1.29 is 18.7 Å². The Morgan fingerprint density at radius 2 is 1.79 bits per heavy atom. The molecule has 0 atom stereocenters. The first kappa shape index (κ1) is 20.1. The van der Waals surface area contributed by atoms with E-state index in [1.807, 2.05) is 12.1 Å². The quantitative estimate of drug-likeness (QED) is 0.583. The fourth-order valence-electron chi connectivity index (χ4n) is 3.44. The second-order valence-corrected chi connectivity index (χ2v) is 7.00. The van der Waals surface area contributed by atoms with Gasteiger partial charge in [-0.25, -0.2) is 4.39 Å². The van der Waals surface area contributed by atoms with Crippen LogP contribution < -0.4 is 9.47 Å². The van der Waals surface area contributed by atoms with E-state index in [0.717, 1.165) is 37.1 Å². The van der Waals surface area contributed by atoms with E-state index in [1.54, 1.807) is 32.4 Å². The molecule has 3 rings (SSSR count). The molecule has 1 aliphatic rings. The molecule has 0 amide bonds. The van der Waals surface area contributed by atoms with E-state index < -0.39 is 0 Å². The molecule has 0 saturated heterocycles. The topological polar surface area (TPSA) is 47.9 Å². The maximum atomic E-state index is 14.1. The second-order valence-electron chi connectivity index (χ2n) is 7.00. The van der Waals surface area contributed by atoms with E-state index in [1.165, 1.54) is 6.07 Å². The number of benzene rings is 2. The molecule has 0 radical (unpaired) electrons. The van der Waals surface area contributed by atoms with Crippen LogP contribution in [-0.4, -0.2) is 32.3 Å². The van der Waals surface area contributed by atoms with Gasteiger partial charge in [0.1, 0.15) is 17.3 Å². The van der Waals surface area contributed by atoms with Crippen LogP contribution in [0.2, 0.25) is 0 Å². The van der Waals surface area contributed by atoms with Crippen molar-refractivity contribution in [2.24, 2.45) is 4.99 Å². The van der Waals surface area contributed by atoms with Crippen LogP contribution in [0.25, 0.3) is 0 Å². The van der Waals surface area contributed by atoms with Gasteiger partial charge in [0, 0.05) is 30.3 Å². The minimum atomic E-state index is -0.257. The Kier molecular flexibility index (Phi) is 6.80. The minimum Gasteiger partial charge on any atom is -0.497 e. The molecule has 5 heteroatoms. The van der Waals surface area contributed by atoms with E-state index in [-0.39, 0.29) is 11.6 Å². The average molecular weight is 383 g/mol. The van der Waals surface area contributed by atoms with Crippen LogP contribution >= 0.6 is 0 Å². The Balaban J connectivity index is 1.64. The lowest BCUT2D eigenvalue weighted by atomic mass is 9.98. The number of aryl methyl sites for hydroxylation is 2. The van der Waals surface area contributed by atoms with Crippen LogP contribution in [0.4, 0.5) is 4.39 Å². The number of aliphatic imine (C=N–C) groups is 1. The Hall–Kier alpha value is -2.69. The third kappa shape index (κ3) is 5.18. The van der Waals surface area contributed by atoms with E-state index in [9.17, 15) is 9.18 Å². The zero-order valence-corrected chi connectivity index (χ0v) is 16.5. The number of halogens is 1. The lowest BCUT2D eigenvalue weighted by Crippen LogP contribution is -2.05. The molecule has 0 saturated carbocycles. The van der Waals surface area contributed by atoms with Crippen molar-refractivity contribution in [3.63, 3.8) is 0 Å². The zero-order valence-electron chi connectivity index (χ0n) is 16.5. The molecule has 28 heavy (non-hydrogen) atoms. The highest BCUT2D eigenvalue weighted by molar-refractivity contribution is 5.96. The molecule has 0 N–H and O–H groups in total. The minimum absolute atomic E-state index is 0.00115. The number of hydrogen-bond donors (Lipinski definition) is 0. The number of hydrogen-bond acceptors (Lipinski definition) is 4. The standard InChI is InChI=1S/C23H26FNO3/c1-27-20-12-16(13-21(15-20)28-2)5-10-23(26)18-7-9-22(24)17(14-18)6-8-19-4-3-11-25-19/h7,9,12-15H,3-6,8,10-11H2,1-2H3. The van der Waals surface area contributed by atoms with Crippen LogP contribution in [-0.2, 0) is 12.8 Å². The van der Waals surface area contributed by atoms with Gasteiger partial charge in [-0.3, -0.25) is 9.79 Å². The van der Waals surface area contributed by atoms with Gasteiger partial charge in [-0.1, -0.05) is 0 Å². The van der Waals surface area contributed by atoms with Crippen molar-refractivity contribution in [2.45, 2.75) is 38.5 Å². The number of ketones is 1. The molecule has 148 valence electrons. The van der Waals surface area contributed by atoms with Crippen LogP contribution in [0.5, 0.6) is 11.5 Å². The number of rotatable bonds is 9. The Bertz CT molecular complexity index is 854. The summed E-state index contributed by atoms with van der Waals surface area (Å²) < 4.78 is 24.7. The molecule has 0 spiro atoms. The number of ether oxygens (including phenoxy) is 2. The summed E-state index contributed by atoms with van der Waals surface area (Å²) in [7, 11) is 3.20. The van der Waals surface area contributed by atoms with E-state index in [0.29, 0.717) is 41.9 Å². The van der Waals surface area contributed by atoms with Crippen molar-refractivity contribution in [2.75, 3.05) is 20.8 Å². The lowest BCUT2D eigenvalue weighted by Gasteiger charge is -2.09. The molecule has 0 aliphatic carbocycles. The van der Waals surface area contributed by atoms with Gasteiger partial charge in [-0.2, -0.15) is 0 Å². The first-order chi connectivity index (χ1) is 13.6. The maximum Gasteiger partial charge on any atom is 0.163 e. The van der Waals surface area contributed by atoms with E-state index in [2.05, 4.69) is 4.99 Å². The van der Waals surface area contributed by atoms with E-state index >= 15 is 0 Å². The average Bonchev–Trinajstić information content (AvgIpc) is 3.24.